The fraction of sp³-hybridized carbons (Fsp3) is 0.429. The zero-order chi connectivity index (χ0) is 8.32. The molecule has 1 aromatic heterocycles. The quantitative estimate of drug-likeness (QED) is 0.691. The first-order valence-electron chi connectivity index (χ1n) is 3.28. The zero-order valence-electron chi connectivity index (χ0n) is 6.50. The van der Waals surface area contributed by atoms with Crippen molar-refractivity contribution in [1.29, 1.82) is 0 Å². The van der Waals surface area contributed by atoms with Crippen molar-refractivity contribution in [2.24, 2.45) is 0 Å². The summed E-state index contributed by atoms with van der Waals surface area (Å²) in [4.78, 5) is 14.3. The second-order valence-electron chi connectivity index (χ2n) is 2.72. The first kappa shape index (κ1) is 8.20. The lowest BCUT2D eigenvalue weighted by Gasteiger charge is -2.20. The average molecular weight is 170 g/mol. The lowest BCUT2D eigenvalue weighted by Crippen LogP contribution is -2.35. The Labute approximate surface area is 69.5 Å². The van der Waals surface area contributed by atoms with E-state index in [2.05, 4.69) is 10.3 Å². The number of nitrogens with zero attached hydrogens (tertiary/aromatic N) is 1. The predicted molar refractivity (Wildman–Crippen MR) is 44.3 cm³/mol. The molecule has 3 nitrogen and oxygen atoms in total. The highest BCUT2D eigenvalue weighted by atomic mass is 32.1. The second kappa shape index (κ2) is 3.00. The van der Waals surface area contributed by atoms with Crippen molar-refractivity contribution in [2.75, 3.05) is 0 Å². The minimum absolute atomic E-state index is 0.337. The Kier molecular flexibility index (Phi) is 2.24. The maximum atomic E-state index is 10.2. The Morgan fingerprint density at radius 3 is 2.91 bits per heavy atom. The van der Waals surface area contributed by atoms with Gasteiger partial charge in [0.15, 0.2) is 0 Å². The summed E-state index contributed by atoms with van der Waals surface area (Å²) in [6, 6.07) is 0. The van der Waals surface area contributed by atoms with Crippen LogP contribution in [0.4, 0.5) is 0 Å². The number of amides is 1. The van der Waals surface area contributed by atoms with E-state index >= 15 is 0 Å². The third-order valence-corrected chi connectivity index (χ3v) is 2.48. The molecule has 0 atom stereocenters. The van der Waals surface area contributed by atoms with Gasteiger partial charge in [0, 0.05) is 11.6 Å². The van der Waals surface area contributed by atoms with Crippen molar-refractivity contribution in [2.45, 2.75) is 19.4 Å². The van der Waals surface area contributed by atoms with Crippen molar-refractivity contribution in [3.8, 4) is 0 Å². The molecular weight excluding hydrogens is 160 g/mol. The summed E-state index contributed by atoms with van der Waals surface area (Å²) in [7, 11) is 0. The maximum absolute atomic E-state index is 10.2. The Balaban J connectivity index is 2.81. The molecule has 0 radical (unpaired) electrons. The van der Waals surface area contributed by atoms with Gasteiger partial charge in [-0.1, -0.05) is 0 Å². The van der Waals surface area contributed by atoms with Gasteiger partial charge in [-0.25, -0.2) is 4.98 Å². The number of hydrogen-bond acceptors (Lipinski definition) is 3. The van der Waals surface area contributed by atoms with Gasteiger partial charge in [-0.05, 0) is 13.8 Å². The molecule has 11 heavy (non-hydrogen) atoms. The van der Waals surface area contributed by atoms with Crippen LogP contribution in [0.5, 0.6) is 0 Å². The molecule has 1 aromatic rings. The number of aromatic nitrogens is 1. The molecule has 4 heteroatoms. The van der Waals surface area contributed by atoms with Crippen LogP contribution in [0.2, 0.25) is 0 Å². The van der Waals surface area contributed by atoms with Crippen molar-refractivity contribution in [1.82, 2.24) is 10.3 Å². The molecule has 0 aromatic carbocycles. The number of carbonyl (C=O) groups is 1. The van der Waals surface area contributed by atoms with Crippen molar-refractivity contribution in [3.05, 3.63) is 16.6 Å². The van der Waals surface area contributed by atoms with Crippen molar-refractivity contribution in [3.63, 3.8) is 0 Å². The van der Waals surface area contributed by atoms with E-state index in [9.17, 15) is 4.79 Å². The normalized spacial score (nSPS) is 11.1. The Bertz CT molecular complexity index is 231. The molecule has 0 unspecified atom stereocenters. The monoisotopic (exact) mass is 170 g/mol. The van der Waals surface area contributed by atoms with E-state index in [-0.39, 0.29) is 5.54 Å². The molecule has 0 saturated carbocycles. The van der Waals surface area contributed by atoms with Gasteiger partial charge in [-0.2, -0.15) is 0 Å². The van der Waals surface area contributed by atoms with Crippen LogP contribution >= 0.6 is 11.3 Å². The standard InChI is InChI=1S/C7H10N2OS/c1-7(2,9-5-10)6-8-3-4-11-6/h3-5H,1-2H3,(H,9,10). The molecule has 1 heterocycles. The van der Waals surface area contributed by atoms with Gasteiger partial charge >= 0.3 is 0 Å². The largest absolute Gasteiger partial charge is 0.347 e. The summed E-state index contributed by atoms with van der Waals surface area (Å²) in [5.41, 5.74) is -0.337. The topological polar surface area (TPSA) is 42.0 Å². The summed E-state index contributed by atoms with van der Waals surface area (Å²) < 4.78 is 0. The molecule has 60 valence electrons. The Morgan fingerprint density at radius 2 is 2.45 bits per heavy atom. The van der Waals surface area contributed by atoms with E-state index in [1.165, 1.54) is 11.3 Å². The van der Waals surface area contributed by atoms with Crippen molar-refractivity contribution >= 4 is 17.7 Å². The molecular formula is C7H10N2OS. The van der Waals surface area contributed by atoms with Crippen LogP contribution in [-0.4, -0.2) is 11.4 Å². The summed E-state index contributed by atoms with van der Waals surface area (Å²) >= 11 is 1.54. The van der Waals surface area contributed by atoms with Crippen LogP contribution in [0, 0.1) is 0 Å². The highest BCUT2D eigenvalue weighted by Crippen LogP contribution is 2.20. The van der Waals surface area contributed by atoms with Crippen LogP contribution in [0.1, 0.15) is 18.9 Å². The van der Waals surface area contributed by atoms with E-state index in [0.717, 1.165) is 5.01 Å². The Hall–Kier alpha value is -0.900. The van der Waals surface area contributed by atoms with E-state index < -0.39 is 0 Å². The molecule has 1 rings (SSSR count). The van der Waals surface area contributed by atoms with Crippen LogP contribution in [-0.2, 0) is 10.3 Å². The molecule has 1 N–H and O–H groups in total. The lowest BCUT2D eigenvalue weighted by atomic mass is 10.1. The second-order valence-corrected chi connectivity index (χ2v) is 3.62. The molecule has 1 amide bonds. The molecule has 0 saturated heterocycles. The molecule has 0 spiro atoms. The molecule has 0 aliphatic carbocycles. The molecule has 0 fully saturated rings. The zero-order valence-corrected chi connectivity index (χ0v) is 7.31. The van der Waals surface area contributed by atoms with Crippen LogP contribution < -0.4 is 5.32 Å². The first-order chi connectivity index (χ1) is 5.17. The summed E-state index contributed by atoms with van der Waals surface area (Å²) in [5, 5.41) is 5.50. The highest BCUT2D eigenvalue weighted by molar-refractivity contribution is 7.09. The van der Waals surface area contributed by atoms with Gasteiger partial charge in [0.05, 0.1) is 5.54 Å². The summed E-state index contributed by atoms with van der Waals surface area (Å²) in [5.74, 6) is 0. The third-order valence-electron chi connectivity index (χ3n) is 1.39. The van der Waals surface area contributed by atoms with Gasteiger partial charge in [0.25, 0.3) is 0 Å². The third kappa shape index (κ3) is 1.77. The number of nitrogens with one attached hydrogen (secondary N) is 1. The minimum atomic E-state index is -0.337. The van der Waals surface area contributed by atoms with Crippen molar-refractivity contribution < 1.29 is 4.79 Å². The Morgan fingerprint density at radius 1 is 1.73 bits per heavy atom. The fourth-order valence-corrected chi connectivity index (χ4v) is 1.47. The van der Waals surface area contributed by atoms with Gasteiger partial charge in [-0.3, -0.25) is 4.79 Å². The summed E-state index contributed by atoms with van der Waals surface area (Å²) in [6.07, 6.45) is 2.43. The SMILES string of the molecule is CC(C)(NC=O)c1nccs1. The van der Waals surface area contributed by atoms with E-state index in [0.29, 0.717) is 6.41 Å². The maximum Gasteiger partial charge on any atom is 0.207 e. The van der Waals surface area contributed by atoms with Gasteiger partial charge in [-0.15, -0.1) is 11.3 Å². The van der Waals surface area contributed by atoms with Gasteiger partial charge < -0.3 is 5.32 Å². The minimum Gasteiger partial charge on any atom is -0.347 e. The smallest absolute Gasteiger partial charge is 0.207 e. The molecule has 0 aliphatic rings. The van der Waals surface area contributed by atoms with Crippen LogP contribution in [0.15, 0.2) is 11.6 Å². The van der Waals surface area contributed by atoms with Gasteiger partial charge in [0.2, 0.25) is 6.41 Å². The molecule has 0 aliphatic heterocycles. The first-order valence-corrected chi connectivity index (χ1v) is 4.16. The summed E-state index contributed by atoms with van der Waals surface area (Å²) in [6.45, 7) is 3.83. The molecule has 0 bridgehead atoms. The number of thiazole rings is 1. The number of carbonyl (C=O) groups excluding carboxylic acids is 1. The van der Waals surface area contributed by atoms with Gasteiger partial charge in [0.1, 0.15) is 5.01 Å². The van der Waals surface area contributed by atoms with Crippen LogP contribution in [0.25, 0.3) is 0 Å². The lowest BCUT2D eigenvalue weighted by molar-refractivity contribution is -0.111. The predicted octanol–water partition coefficient (Wildman–Crippen LogP) is 1.12. The number of hydrogen-bond donors (Lipinski definition) is 1. The van der Waals surface area contributed by atoms with E-state index in [1.807, 2.05) is 19.2 Å². The van der Waals surface area contributed by atoms with E-state index in [1.54, 1.807) is 6.20 Å². The highest BCUT2D eigenvalue weighted by Gasteiger charge is 2.21. The average Bonchev–Trinajstić information content (AvgIpc) is 2.37. The number of rotatable bonds is 3. The van der Waals surface area contributed by atoms with E-state index in [4.69, 9.17) is 0 Å². The van der Waals surface area contributed by atoms with Crippen LogP contribution in [0.3, 0.4) is 0 Å². The fourth-order valence-electron chi connectivity index (χ4n) is 0.741.